The number of carbonyl (C=O) groups is 3. The van der Waals surface area contributed by atoms with E-state index in [1.807, 2.05) is 48.5 Å². The second-order valence-corrected chi connectivity index (χ2v) is 9.52. The average molecular weight is 438 g/mol. The van der Waals surface area contributed by atoms with Crippen LogP contribution in [0.5, 0.6) is 0 Å². The molecule has 31 heavy (non-hydrogen) atoms. The summed E-state index contributed by atoms with van der Waals surface area (Å²) in [6.07, 6.45) is 1.47. The predicted octanol–water partition coefficient (Wildman–Crippen LogP) is 4.10. The van der Waals surface area contributed by atoms with Gasteiger partial charge in [0.25, 0.3) is 0 Å². The summed E-state index contributed by atoms with van der Waals surface area (Å²) in [5, 5.41) is 4.98. The van der Waals surface area contributed by atoms with E-state index in [0.717, 1.165) is 29.1 Å². The van der Waals surface area contributed by atoms with E-state index in [0.29, 0.717) is 19.0 Å². The molecule has 2 aromatic carbocycles. The molecule has 0 bridgehead atoms. The van der Waals surface area contributed by atoms with Crippen LogP contribution in [0.3, 0.4) is 0 Å². The van der Waals surface area contributed by atoms with Gasteiger partial charge < -0.3 is 15.5 Å². The normalized spacial score (nSPS) is 20.7. The molecule has 162 valence electrons. The molecule has 2 N–H and O–H groups in total. The monoisotopic (exact) mass is 437 g/mol. The van der Waals surface area contributed by atoms with Crippen molar-refractivity contribution >= 4 is 40.9 Å². The molecule has 2 aliphatic rings. The lowest BCUT2D eigenvalue weighted by Gasteiger charge is -2.35. The summed E-state index contributed by atoms with van der Waals surface area (Å²) >= 11 is 1.28. The fourth-order valence-corrected chi connectivity index (χ4v) is 5.04. The van der Waals surface area contributed by atoms with Gasteiger partial charge in [-0.25, -0.2) is 0 Å². The summed E-state index contributed by atoms with van der Waals surface area (Å²) in [5.74, 6) is -0.460. The number of nitrogens with zero attached hydrogens (tertiary/aromatic N) is 1. The van der Waals surface area contributed by atoms with Gasteiger partial charge in [-0.05, 0) is 48.6 Å². The first kappa shape index (κ1) is 21.4. The van der Waals surface area contributed by atoms with Crippen LogP contribution in [0.4, 0.5) is 11.4 Å². The number of piperidine rings is 1. The molecule has 3 amide bonds. The Bertz CT molecular complexity index is 990. The number of amides is 3. The maximum Gasteiger partial charge on any atom is 0.247 e. The van der Waals surface area contributed by atoms with Gasteiger partial charge in [0.05, 0.1) is 11.6 Å². The lowest BCUT2D eigenvalue weighted by molar-refractivity contribution is -0.136. The first-order valence-corrected chi connectivity index (χ1v) is 11.6. The highest BCUT2D eigenvalue weighted by Gasteiger charge is 2.38. The molecule has 7 heteroatoms. The Hall–Kier alpha value is -2.80. The highest BCUT2D eigenvalue weighted by atomic mass is 32.2. The molecule has 6 nitrogen and oxygen atoms in total. The smallest absolute Gasteiger partial charge is 0.247 e. The van der Waals surface area contributed by atoms with E-state index in [2.05, 4.69) is 24.5 Å². The van der Waals surface area contributed by atoms with Crippen LogP contribution in [0.2, 0.25) is 0 Å². The number of nitrogens with one attached hydrogen (secondary N) is 2. The number of likely N-dealkylation sites (tertiary alicyclic amines) is 1. The van der Waals surface area contributed by atoms with Gasteiger partial charge >= 0.3 is 0 Å². The summed E-state index contributed by atoms with van der Waals surface area (Å²) < 4.78 is 0. The van der Waals surface area contributed by atoms with E-state index in [4.69, 9.17) is 0 Å². The number of hydrogen-bond acceptors (Lipinski definition) is 4. The van der Waals surface area contributed by atoms with Gasteiger partial charge in [0.2, 0.25) is 17.7 Å². The maximum absolute atomic E-state index is 13.1. The minimum absolute atomic E-state index is 0.0825. The lowest BCUT2D eigenvalue weighted by Crippen LogP contribution is -2.50. The van der Waals surface area contributed by atoms with Crippen LogP contribution in [0.15, 0.2) is 53.4 Å². The van der Waals surface area contributed by atoms with Crippen LogP contribution in [-0.4, -0.2) is 41.0 Å². The highest BCUT2D eigenvalue weighted by molar-refractivity contribution is 8.01. The van der Waals surface area contributed by atoms with E-state index in [1.165, 1.54) is 17.3 Å². The van der Waals surface area contributed by atoms with Crippen molar-refractivity contribution in [2.24, 2.45) is 5.92 Å². The molecule has 0 spiro atoms. The van der Waals surface area contributed by atoms with Gasteiger partial charge in [0.15, 0.2) is 5.25 Å². The SMILES string of the molecule is CC(C)c1ccc(NC(=O)[C@H]2CCCN(C(=O)[C@H]3Sc4ccccc4NC3=O)C2)cc1. The fourth-order valence-electron chi connectivity index (χ4n) is 3.97. The fraction of sp³-hybridized carbons (Fsp3) is 0.375. The summed E-state index contributed by atoms with van der Waals surface area (Å²) in [5.41, 5.74) is 2.72. The van der Waals surface area contributed by atoms with Crippen LogP contribution in [0.25, 0.3) is 0 Å². The van der Waals surface area contributed by atoms with Gasteiger partial charge in [-0.15, -0.1) is 11.8 Å². The first-order chi connectivity index (χ1) is 14.9. The van der Waals surface area contributed by atoms with Crippen molar-refractivity contribution in [1.82, 2.24) is 4.90 Å². The number of fused-ring (bicyclic) bond motifs is 1. The average Bonchev–Trinajstić information content (AvgIpc) is 2.78. The molecule has 1 fully saturated rings. The topological polar surface area (TPSA) is 78.5 Å². The van der Waals surface area contributed by atoms with Crippen LogP contribution in [0, 0.1) is 5.92 Å². The van der Waals surface area contributed by atoms with Crippen molar-refractivity contribution in [3.8, 4) is 0 Å². The van der Waals surface area contributed by atoms with Crippen molar-refractivity contribution in [2.45, 2.75) is 42.8 Å². The molecule has 0 unspecified atom stereocenters. The number of benzene rings is 2. The largest absolute Gasteiger partial charge is 0.340 e. The second-order valence-electron chi connectivity index (χ2n) is 8.37. The summed E-state index contributed by atoms with van der Waals surface area (Å²) in [4.78, 5) is 41.0. The Balaban J connectivity index is 1.39. The van der Waals surface area contributed by atoms with E-state index < -0.39 is 5.25 Å². The highest BCUT2D eigenvalue weighted by Crippen LogP contribution is 2.36. The zero-order chi connectivity index (χ0) is 22.0. The van der Waals surface area contributed by atoms with Crippen molar-refractivity contribution in [3.63, 3.8) is 0 Å². The molecule has 0 aliphatic carbocycles. The van der Waals surface area contributed by atoms with Crippen molar-refractivity contribution in [2.75, 3.05) is 23.7 Å². The van der Waals surface area contributed by atoms with Crippen LogP contribution >= 0.6 is 11.8 Å². The molecule has 2 aliphatic heterocycles. The lowest BCUT2D eigenvalue weighted by atomic mass is 9.96. The summed E-state index contributed by atoms with van der Waals surface area (Å²) in [7, 11) is 0. The van der Waals surface area contributed by atoms with Crippen molar-refractivity contribution in [3.05, 3.63) is 54.1 Å². The van der Waals surface area contributed by atoms with Gasteiger partial charge in [0.1, 0.15) is 0 Å². The van der Waals surface area contributed by atoms with Gasteiger partial charge in [0, 0.05) is 23.7 Å². The number of thioether (sulfide) groups is 1. The first-order valence-electron chi connectivity index (χ1n) is 10.7. The number of anilines is 2. The number of carbonyl (C=O) groups excluding carboxylic acids is 3. The minimum atomic E-state index is -0.819. The van der Waals surface area contributed by atoms with Gasteiger partial charge in [-0.2, -0.15) is 0 Å². The number of rotatable bonds is 4. The Labute approximate surface area is 186 Å². The Morgan fingerprint density at radius 2 is 1.87 bits per heavy atom. The summed E-state index contributed by atoms with van der Waals surface area (Å²) in [6, 6.07) is 15.3. The van der Waals surface area contributed by atoms with Gasteiger partial charge in [-0.3, -0.25) is 14.4 Å². The summed E-state index contributed by atoms with van der Waals surface area (Å²) in [6.45, 7) is 5.16. The Morgan fingerprint density at radius 3 is 2.61 bits per heavy atom. The molecular weight excluding hydrogens is 410 g/mol. The van der Waals surface area contributed by atoms with Crippen molar-refractivity contribution < 1.29 is 14.4 Å². The third-order valence-electron chi connectivity index (χ3n) is 5.80. The van der Waals surface area contributed by atoms with Crippen LogP contribution in [-0.2, 0) is 14.4 Å². The van der Waals surface area contributed by atoms with E-state index >= 15 is 0 Å². The molecule has 4 rings (SSSR count). The van der Waals surface area contributed by atoms with E-state index in [9.17, 15) is 14.4 Å². The molecular formula is C24H27N3O3S. The minimum Gasteiger partial charge on any atom is -0.340 e. The zero-order valence-corrected chi connectivity index (χ0v) is 18.6. The Kier molecular flexibility index (Phi) is 6.32. The van der Waals surface area contributed by atoms with E-state index in [1.54, 1.807) is 4.90 Å². The third-order valence-corrected chi connectivity index (χ3v) is 7.06. The van der Waals surface area contributed by atoms with Crippen LogP contribution in [0.1, 0.15) is 38.2 Å². The van der Waals surface area contributed by atoms with Crippen molar-refractivity contribution in [1.29, 1.82) is 0 Å². The number of hydrogen-bond donors (Lipinski definition) is 2. The molecule has 2 atom stereocenters. The van der Waals surface area contributed by atoms with E-state index in [-0.39, 0.29) is 23.6 Å². The molecule has 1 saturated heterocycles. The Morgan fingerprint density at radius 1 is 1.13 bits per heavy atom. The standard InChI is InChI=1S/C24H27N3O3S/c1-15(2)16-9-11-18(12-10-16)25-22(28)17-6-5-13-27(14-17)24(30)21-23(29)26-19-7-3-4-8-20(19)31-21/h3-4,7-12,15,17,21H,5-6,13-14H2,1-2H3,(H,25,28)(H,26,29)/t17-,21-/m0/s1. The van der Waals surface area contributed by atoms with Crippen LogP contribution < -0.4 is 10.6 Å². The maximum atomic E-state index is 13.1. The molecule has 0 aromatic heterocycles. The molecule has 0 saturated carbocycles. The quantitative estimate of drug-likeness (QED) is 0.706. The third kappa shape index (κ3) is 4.77. The number of para-hydroxylation sites is 1. The molecule has 2 aromatic rings. The predicted molar refractivity (Wildman–Crippen MR) is 123 cm³/mol. The van der Waals surface area contributed by atoms with Gasteiger partial charge in [-0.1, -0.05) is 38.1 Å². The molecule has 0 radical (unpaired) electrons. The zero-order valence-electron chi connectivity index (χ0n) is 17.8. The second kappa shape index (κ2) is 9.14. The molecule has 2 heterocycles.